The van der Waals surface area contributed by atoms with Crippen molar-refractivity contribution in [3.63, 3.8) is 0 Å². The maximum absolute atomic E-state index is 13.0. The molecule has 1 aliphatic heterocycles. The van der Waals surface area contributed by atoms with Crippen molar-refractivity contribution in [1.29, 1.82) is 0 Å². The van der Waals surface area contributed by atoms with E-state index in [0.29, 0.717) is 22.2 Å². The molecule has 0 spiro atoms. The van der Waals surface area contributed by atoms with Gasteiger partial charge >= 0.3 is 0 Å². The Morgan fingerprint density at radius 2 is 1.58 bits per heavy atom. The van der Waals surface area contributed by atoms with Crippen LogP contribution in [0.15, 0.2) is 54.6 Å². The fourth-order valence-corrected chi connectivity index (χ4v) is 3.48. The van der Waals surface area contributed by atoms with Crippen molar-refractivity contribution >= 4 is 51.5 Å². The molecule has 0 saturated carbocycles. The third-order valence-corrected chi connectivity index (χ3v) is 4.58. The average Bonchev–Trinajstić information content (AvgIpc) is 2.61. The van der Waals surface area contributed by atoms with E-state index in [0.717, 1.165) is 10.3 Å². The highest BCUT2D eigenvalue weighted by Gasteiger charge is 2.34. The minimum atomic E-state index is -0.423. The molecule has 0 fully saturated rings. The summed E-state index contributed by atoms with van der Waals surface area (Å²) in [6.07, 6.45) is 0. The summed E-state index contributed by atoms with van der Waals surface area (Å²) in [6.45, 7) is 1.39. The highest BCUT2D eigenvalue weighted by molar-refractivity contribution is 6.40. The average molecular weight is 365 g/mol. The van der Waals surface area contributed by atoms with Crippen LogP contribution < -0.4 is 10.2 Å². The zero-order valence-corrected chi connectivity index (χ0v) is 14.5. The Bertz CT molecular complexity index is 1060. The first kappa shape index (κ1) is 16.3. The van der Waals surface area contributed by atoms with Gasteiger partial charge in [-0.1, -0.05) is 35.9 Å². The van der Waals surface area contributed by atoms with Crippen molar-refractivity contribution in [2.75, 3.05) is 10.2 Å². The van der Waals surface area contributed by atoms with Gasteiger partial charge in [-0.2, -0.15) is 0 Å². The Morgan fingerprint density at radius 3 is 2.12 bits per heavy atom. The van der Waals surface area contributed by atoms with Gasteiger partial charge in [0, 0.05) is 29.1 Å². The van der Waals surface area contributed by atoms with E-state index in [-0.39, 0.29) is 16.6 Å². The molecule has 1 N–H and O–H groups in total. The number of nitrogens with zero attached hydrogens (tertiary/aromatic N) is 1. The monoisotopic (exact) mass is 364 g/mol. The number of carbonyl (C=O) groups is 3. The fourth-order valence-electron chi connectivity index (χ4n) is 3.22. The van der Waals surface area contributed by atoms with E-state index in [1.54, 1.807) is 36.4 Å². The first-order valence-corrected chi connectivity index (χ1v) is 8.33. The topological polar surface area (TPSA) is 66.5 Å². The van der Waals surface area contributed by atoms with Crippen molar-refractivity contribution in [3.8, 4) is 0 Å². The second kappa shape index (κ2) is 5.97. The van der Waals surface area contributed by atoms with Gasteiger partial charge in [0.2, 0.25) is 5.91 Å². The summed E-state index contributed by atoms with van der Waals surface area (Å²) in [4.78, 5) is 38.3. The van der Waals surface area contributed by atoms with Crippen LogP contribution in [0.3, 0.4) is 0 Å². The zero-order chi connectivity index (χ0) is 18.4. The molecule has 0 aromatic heterocycles. The van der Waals surface area contributed by atoms with Crippen molar-refractivity contribution < 1.29 is 14.4 Å². The number of hydrogen-bond acceptors (Lipinski definition) is 3. The van der Waals surface area contributed by atoms with Crippen LogP contribution in [-0.2, 0) is 4.79 Å². The SMILES string of the molecule is CC(=O)Nc1ccc(N2C(=O)c3cccc4cccc(c34)C2=O)c(Cl)c1. The second-order valence-electron chi connectivity index (χ2n) is 6.00. The largest absolute Gasteiger partial charge is 0.326 e. The number of imide groups is 1. The predicted octanol–water partition coefficient (Wildman–Crippen LogP) is 4.25. The molecule has 0 saturated heterocycles. The predicted molar refractivity (Wildman–Crippen MR) is 101 cm³/mol. The van der Waals surface area contributed by atoms with Gasteiger partial charge in [0.15, 0.2) is 0 Å². The molecule has 0 radical (unpaired) electrons. The molecule has 1 aliphatic rings. The Labute approximate surface area is 154 Å². The number of amides is 3. The molecule has 3 amide bonds. The fraction of sp³-hybridized carbons (Fsp3) is 0.0500. The minimum absolute atomic E-state index is 0.199. The molecule has 26 heavy (non-hydrogen) atoms. The van der Waals surface area contributed by atoms with E-state index in [1.807, 2.05) is 12.1 Å². The number of nitrogens with one attached hydrogen (secondary N) is 1. The molecule has 0 bridgehead atoms. The maximum atomic E-state index is 13.0. The van der Waals surface area contributed by atoms with Gasteiger partial charge in [-0.05, 0) is 35.7 Å². The van der Waals surface area contributed by atoms with Crippen LogP contribution in [0.5, 0.6) is 0 Å². The Hall–Kier alpha value is -3.18. The van der Waals surface area contributed by atoms with Gasteiger partial charge in [0.25, 0.3) is 11.8 Å². The zero-order valence-electron chi connectivity index (χ0n) is 13.7. The van der Waals surface area contributed by atoms with Crippen LogP contribution in [0.4, 0.5) is 11.4 Å². The summed E-state index contributed by atoms with van der Waals surface area (Å²) in [5.41, 5.74) is 1.69. The lowest BCUT2D eigenvalue weighted by molar-refractivity contribution is -0.114. The number of rotatable bonds is 2. The van der Waals surface area contributed by atoms with Crippen LogP contribution in [0.1, 0.15) is 27.6 Å². The van der Waals surface area contributed by atoms with Crippen LogP contribution in [0, 0.1) is 0 Å². The van der Waals surface area contributed by atoms with Crippen LogP contribution in [0.2, 0.25) is 5.02 Å². The van der Waals surface area contributed by atoms with E-state index >= 15 is 0 Å². The summed E-state index contributed by atoms with van der Waals surface area (Å²) in [5, 5.41) is 4.32. The lowest BCUT2D eigenvalue weighted by Gasteiger charge is -2.28. The molecule has 0 aliphatic carbocycles. The number of halogens is 1. The molecule has 4 rings (SSSR count). The maximum Gasteiger partial charge on any atom is 0.266 e. The van der Waals surface area contributed by atoms with Gasteiger partial charge in [-0.3, -0.25) is 14.4 Å². The molecule has 0 unspecified atom stereocenters. The molecule has 5 nitrogen and oxygen atoms in total. The summed E-state index contributed by atoms with van der Waals surface area (Å²) in [5.74, 6) is -1.08. The minimum Gasteiger partial charge on any atom is -0.326 e. The van der Waals surface area contributed by atoms with E-state index in [2.05, 4.69) is 5.32 Å². The second-order valence-corrected chi connectivity index (χ2v) is 6.41. The molecule has 3 aromatic carbocycles. The molecule has 3 aromatic rings. The van der Waals surface area contributed by atoms with Gasteiger partial charge in [0.1, 0.15) is 0 Å². The Balaban J connectivity index is 1.86. The number of carbonyl (C=O) groups excluding carboxylic acids is 3. The third-order valence-electron chi connectivity index (χ3n) is 4.28. The molecular formula is C20H13ClN2O3. The standard InChI is InChI=1S/C20H13ClN2O3/c1-11(24)22-13-8-9-17(16(21)10-13)23-19(25)14-6-2-4-12-5-3-7-15(18(12)14)20(23)26/h2-10H,1H3,(H,22,24). The summed E-state index contributed by atoms with van der Waals surface area (Å²) in [7, 11) is 0. The first-order chi connectivity index (χ1) is 12.5. The summed E-state index contributed by atoms with van der Waals surface area (Å²) < 4.78 is 0. The molecule has 1 heterocycles. The molecule has 6 heteroatoms. The molecule has 0 atom stereocenters. The highest BCUT2D eigenvalue weighted by atomic mass is 35.5. The van der Waals surface area contributed by atoms with Crippen LogP contribution >= 0.6 is 11.6 Å². The first-order valence-electron chi connectivity index (χ1n) is 7.95. The molecule has 128 valence electrons. The van der Waals surface area contributed by atoms with E-state index in [9.17, 15) is 14.4 Å². The van der Waals surface area contributed by atoms with E-state index < -0.39 is 11.8 Å². The van der Waals surface area contributed by atoms with E-state index in [1.165, 1.54) is 13.0 Å². The quantitative estimate of drug-likeness (QED) is 0.691. The Kier molecular flexibility index (Phi) is 3.74. The highest BCUT2D eigenvalue weighted by Crippen LogP contribution is 2.36. The van der Waals surface area contributed by atoms with Crippen molar-refractivity contribution in [2.24, 2.45) is 0 Å². The van der Waals surface area contributed by atoms with Gasteiger partial charge in [-0.15, -0.1) is 0 Å². The number of anilines is 2. The van der Waals surface area contributed by atoms with E-state index in [4.69, 9.17) is 11.6 Å². The normalized spacial score (nSPS) is 13.2. The summed E-state index contributed by atoms with van der Waals surface area (Å²) >= 11 is 6.31. The number of benzene rings is 3. The smallest absolute Gasteiger partial charge is 0.266 e. The van der Waals surface area contributed by atoms with Gasteiger partial charge < -0.3 is 5.32 Å². The van der Waals surface area contributed by atoms with Crippen molar-refractivity contribution in [2.45, 2.75) is 6.92 Å². The van der Waals surface area contributed by atoms with Crippen LogP contribution in [0.25, 0.3) is 10.8 Å². The summed E-state index contributed by atoms with van der Waals surface area (Å²) in [6, 6.07) is 15.4. The van der Waals surface area contributed by atoms with Crippen molar-refractivity contribution in [3.05, 3.63) is 70.7 Å². The lowest BCUT2D eigenvalue weighted by atomic mass is 9.94. The molecular weight excluding hydrogens is 352 g/mol. The van der Waals surface area contributed by atoms with Crippen LogP contribution in [-0.4, -0.2) is 17.7 Å². The lowest BCUT2D eigenvalue weighted by Crippen LogP contribution is -2.40. The van der Waals surface area contributed by atoms with Gasteiger partial charge in [0.05, 0.1) is 10.7 Å². The van der Waals surface area contributed by atoms with Gasteiger partial charge in [-0.25, -0.2) is 4.90 Å². The van der Waals surface area contributed by atoms with Crippen molar-refractivity contribution in [1.82, 2.24) is 0 Å². The third kappa shape index (κ3) is 2.45. The number of hydrogen-bond donors (Lipinski definition) is 1. The Morgan fingerprint density at radius 1 is 0.962 bits per heavy atom.